The summed E-state index contributed by atoms with van der Waals surface area (Å²) < 4.78 is 0. The summed E-state index contributed by atoms with van der Waals surface area (Å²) in [5.41, 5.74) is 2.65. The second-order valence-corrected chi connectivity index (χ2v) is 7.61. The zero-order valence-electron chi connectivity index (χ0n) is 14.9. The van der Waals surface area contributed by atoms with Crippen LogP contribution in [0.15, 0.2) is 29.9 Å². The van der Waals surface area contributed by atoms with Crippen molar-refractivity contribution in [3.05, 3.63) is 40.3 Å². The van der Waals surface area contributed by atoms with Gasteiger partial charge >= 0.3 is 0 Å². The number of rotatable bonds is 2. The molecule has 2 aromatic rings. The normalized spacial score (nSPS) is 23.4. The van der Waals surface area contributed by atoms with Crippen molar-refractivity contribution in [3.63, 3.8) is 0 Å². The Morgan fingerprint density at radius 1 is 1.36 bits per heavy atom. The van der Waals surface area contributed by atoms with Crippen LogP contribution in [-0.2, 0) is 10.2 Å². The van der Waals surface area contributed by atoms with Gasteiger partial charge in [-0.05, 0) is 30.0 Å². The van der Waals surface area contributed by atoms with Gasteiger partial charge in [-0.25, -0.2) is 0 Å². The molecule has 4 nitrogen and oxygen atoms in total. The quantitative estimate of drug-likeness (QED) is 0.834. The van der Waals surface area contributed by atoms with Crippen molar-refractivity contribution >= 4 is 23.1 Å². The summed E-state index contributed by atoms with van der Waals surface area (Å²) in [6.45, 7) is 5.86. The molecule has 128 valence electrons. The topological polar surface area (TPSA) is 57.1 Å². The first-order valence-electron chi connectivity index (χ1n) is 8.19. The van der Waals surface area contributed by atoms with Gasteiger partial charge in [0.2, 0.25) is 5.91 Å². The van der Waals surface area contributed by atoms with Gasteiger partial charge in [0.15, 0.2) is 0 Å². The van der Waals surface area contributed by atoms with Crippen LogP contribution in [0.5, 0.6) is 0 Å². The lowest BCUT2D eigenvalue weighted by atomic mass is 9.70. The number of thiophene rings is 1. The fourth-order valence-corrected chi connectivity index (χ4v) is 4.38. The van der Waals surface area contributed by atoms with Crippen LogP contribution < -0.4 is 0 Å². The van der Waals surface area contributed by atoms with Gasteiger partial charge in [0.1, 0.15) is 5.84 Å². The number of aromatic nitrogens is 1. The van der Waals surface area contributed by atoms with E-state index in [1.165, 1.54) is 4.90 Å². The van der Waals surface area contributed by atoms with E-state index in [-0.39, 0.29) is 17.2 Å². The first-order chi connectivity index (χ1) is 11.9. The number of carbonyl (C=O) groups is 1. The highest BCUT2D eigenvalue weighted by atomic mass is 32.1. The second-order valence-electron chi connectivity index (χ2n) is 6.70. The summed E-state index contributed by atoms with van der Waals surface area (Å²) in [6.07, 6.45) is 4.16. The molecule has 5 heteroatoms. The van der Waals surface area contributed by atoms with Gasteiger partial charge in [0, 0.05) is 53.2 Å². The first-order valence-corrected chi connectivity index (χ1v) is 9.07. The van der Waals surface area contributed by atoms with E-state index >= 15 is 0 Å². The minimum absolute atomic E-state index is 0.00980. The number of amides is 1. The Labute approximate surface area is 152 Å². The number of carbonyl (C=O) groups excluding carboxylic acids is 1. The average Bonchev–Trinajstić information content (AvgIpc) is 3.10. The second kappa shape index (κ2) is 6.45. The molecule has 1 N–H and O–H groups in total. The lowest BCUT2D eigenvalue weighted by molar-refractivity contribution is -0.133. The Kier molecular flexibility index (Phi) is 4.49. The lowest BCUT2D eigenvalue weighted by Gasteiger charge is -2.42. The van der Waals surface area contributed by atoms with Crippen LogP contribution >= 0.6 is 11.3 Å². The molecule has 3 heterocycles. The largest absolute Gasteiger partial charge is 0.304 e. The number of nitrogens with one attached hydrogen (secondary N) is 1. The van der Waals surface area contributed by atoms with Crippen molar-refractivity contribution in [3.8, 4) is 23.0 Å². The van der Waals surface area contributed by atoms with Crippen LogP contribution in [0.2, 0.25) is 0 Å². The summed E-state index contributed by atoms with van der Waals surface area (Å²) in [4.78, 5) is 19.4. The van der Waals surface area contributed by atoms with Gasteiger partial charge in [-0.15, -0.1) is 17.3 Å². The third-order valence-corrected chi connectivity index (χ3v) is 6.31. The molecular formula is C20H21N3OS. The molecule has 1 saturated heterocycles. The Hall–Kier alpha value is -2.45. The number of nitrogens with zero attached hydrogens (tertiary/aromatic N) is 2. The fraction of sp³-hybridized carbons (Fsp3) is 0.350. The summed E-state index contributed by atoms with van der Waals surface area (Å²) in [7, 11) is 1.69. The molecule has 0 bridgehead atoms. The van der Waals surface area contributed by atoms with E-state index in [1.54, 1.807) is 24.6 Å². The van der Waals surface area contributed by atoms with Crippen LogP contribution in [0.1, 0.15) is 37.6 Å². The summed E-state index contributed by atoms with van der Waals surface area (Å²) in [6, 6.07) is 4.16. The monoisotopic (exact) mass is 351 g/mol. The summed E-state index contributed by atoms with van der Waals surface area (Å²) in [5, 5.41) is 10.2. The SMILES string of the molecule is CC#Cc1cncc(-c2csc([C@@]3(C)CC(=N)N(C)C(=O)[C@@H]3C)c2)c1. The highest BCUT2D eigenvalue weighted by Gasteiger charge is 2.45. The zero-order chi connectivity index (χ0) is 18.2. The molecule has 1 fully saturated rings. The van der Waals surface area contributed by atoms with Crippen molar-refractivity contribution in [1.82, 2.24) is 9.88 Å². The van der Waals surface area contributed by atoms with E-state index in [1.807, 2.05) is 26.1 Å². The van der Waals surface area contributed by atoms with Crippen LogP contribution in [0.3, 0.4) is 0 Å². The van der Waals surface area contributed by atoms with Gasteiger partial charge in [-0.2, -0.15) is 0 Å². The van der Waals surface area contributed by atoms with Gasteiger partial charge < -0.3 is 4.90 Å². The predicted octanol–water partition coefficient (Wildman–Crippen LogP) is 3.91. The Morgan fingerprint density at radius 2 is 2.12 bits per heavy atom. The van der Waals surface area contributed by atoms with Crippen LogP contribution in [0, 0.1) is 23.2 Å². The molecule has 3 rings (SSSR count). The van der Waals surface area contributed by atoms with E-state index in [2.05, 4.69) is 35.2 Å². The third-order valence-electron chi connectivity index (χ3n) is 5.10. The van der Waals surface area contributed by atoms with Crippen molar-refractivity contribution in [2.75, 3.05) is 7.05 Å². The zero-order valence-corrected chi connectivity index (χ0v) is 15.7. The maximum absolute atomic E-state index is 12.5. The standard InChI is InChI=1S/C20H21N3OS/c1-5-6-14-7-15(11-22-10-14)16-8-17(25-12-16)20(3)9-18(21)23(4)19(24)13(20)2/h7-8,10-13,21H,9H2,1-4H3/t13-,20-/m0/s1. The molecule has 25 heavy (non-hydrogen) atoms. The van der Waals surface area contributed by atoms with Crippen molar-refractivity contribution in [1.29, 1.82) is 5.41 Å². The first kappa shape index (κ1) is 17.4. The van der Waals surface area contributed by atoms with Crippen molar-refractivity contribution in [2.24, 2.45) is 5.92 Å². The smallest absolute Gasteiger partial charge is 0.231 e. The Bertz CT molecular complexity index is 905. The molecule has 0 aromatic carbocycles. The maximum Gasteiger partial charge on any atom is 0.231 e. The fourth-order valence-electron chi connectivity index (χ4n) is 3.21. The van der Waals surface area contributed by atoms with Crippen molar-refractivity contribution in [2.45, 2.75) is 32.6 Å². The summed E-state index contributed by atoms with van der Waals surface area (Å²) >= 11 is 1.65. The highest BCUT2D eigenvalue weighted by Crippen LogP contribution is 2.44. The molecule has 0 unspecified atom stereocenters. The number of pyridine rings is 1. The van der Waals surface area contributed by atoms with E-state index in [0.29, 0.717) is 12.3 Å². The third kappa shape index (κ3) is 2.98. The molecule has 2 aromatic heterocycles. The Balaban J connectivity index is 1.98. The molecule has 1 aliphatic rings. The maximum atomic E-state index is 12.5. The average molecular weight is 351 g/mol. The minimum atomic E-state index is -0.349. The molecule has 0 saturated carbocycles. The van der Waals surface area contributed by atoms with Crippen LogP contribution in [0.4, 0.5) is 0 Å². The van der Waals surface area contributed by atoms with E-state index in [4.69, 9.17) is 5.41 Å². The molecule has 2 atom stereocenters. The van der Waals surface area contributed by atoms with Crippen LogP contribution in [-0.4, -0.2) is 28.7 Å². The molecule has 0 radical (unpaired) electrons. The van der Waals surface area contributed by atoms with Gasteiger partial charge in [0.05, 0.1) is 0 Å². The Morgan fingerprint density at radius 3 is 2.84 bits per heavy atom. The van der Waals surface area contributed by atoms with E-state index in [9.17, 15) is 4.79 Å². The van der Waals surface area contributed by atoms with E-state index < -0.39 is 0 Å². The molecule has 0 aliphatic carbocycles. The number of hydrogen-bond acceptors (Lipinski definition) is 4. The highest BCUT2D eigenvalue weighted by molar-refractivity contribution is 7.10. The van der Waals surface area contributed by atoms with E-state index in [0.717, 1.165) is 21.6 Å². The van der Waals surface area contributed by atoms with Crippen LogP contribution in [0.25, 0.3) is 11.1 Å². The number of piperidine rings is 1. The van der Waals surface area contributed by atoms with Gasteiger partial charge in [-0.3, -0.25) is 15.2 Å². The summed E-state index contributed by atoms with van der Waals surface area (Å²) in [5.74, 6) is 6.15. The van der Waals surface area contributed by atoms with Gasteiger partial charge in [-0.1, -0.05) is 19.8 Å². The predicted molar refractivity (Wildman–Crippen MR) is 102 cm³/mol. The van der Waals surface area contributed by atoms with Crippen molar-refractivity contribution < 1.29 is 4.79 Å². The molecule has 0 spiro atoms. The molecule has 1 amide bonds. The van der Waals surface area contributed by atoms with Gasteiger partial charge in [0.25, 0.3) is 0 Å². The minimum Gasteiger partial charge on any atom is -0.304 e. The number of hydrogen-bond donors (Lipinski definition) is 1. The molecular weight excluding hydrogens is 330 g/mol. The number of amidine groups is 1. The number of likely N-dealkylation sites (tertiary alicyclic amines) is 1. The molecule has 1 aliphatic heterocycles. The lowest BCUT2D eigenvalue weighted by Crippen LogP contribution is -2.52.